The predicted molar refractivity (Wildman–Crippen MR) is 127 cm³/mol. The molecule has 4 rings (SSSR count). The number of rotatable bonds is 5. The molecule has 0 spiro atoms. The molecule has 1 fully saturated rings. The number of carbonyl (C=O) groups excluding carboxylic acids is 2. The van der Waals surface area contributed by atoms with Crippen molar-refractivity contribution in [1.29, 1.82) is 0 Å². The summed E-state index contributed by atoms with van der Waals surface area (Å²) in [5, 5.41) is 7.37. The number of nitrogens with one attached hydrogen (secondary N) is 1. The van der Waals surface area contributed by atoms with Crippen LogP contribution in [0.4, 0.5) is 11.5 Å². The SMILES string of the molecule is CN(C)c1ccc(C(=O)Nc2nn(C)cc2-c2cccc(C(=O)N3CCCCC3)c2)cc1. The molecule has 1 aromatic heterocycles. The molecule has 1 N–H and O–H groups in total. The van der Waals surface area contributed by atoms with Crippen molar-refractivity contribution in [1.82, 2.24) is 14.7 Å². The Balaban J connectivity index is 1.57. The highest BCUT2D eigenvalue weighted by molar-refractivity contribution is 6.06. The Morgan fingerprint density at radius 1 is 0.969 bits per heavy atom. The summed E-state index contributed by atoms with van der Waals surface area (Å²) in [6.07, 6.45) is 5.15. The van der Waals surface area contributed by atoms with Gasteiger partial charge in [0, 0.05) is 62.8 Å². The average Bonchev–Trinajstić information content (AvgIpc) is 3.19. The Kier molecular flexibility index (Phi) is 6.25. The molecule has 2 amide bonds. The third-order valence-electron chi connectivity index (χ3n) is 5.77. The molecule has 0 bridgehead atoms. The van der Waals surface area contributed by atoms with E-state index in [1.807, 2.05) is 73.5 Å². The second-order valence-corrected chi connectivity index (χ2v) is 8.39. The molecule has 32 heavy (non-hydrogen) atoms. The fraction of sp³-hybridized carbons (Fsp3) is 0.320. The molecule has 2 heterocycles. The van der Waals surface area contributed by atoms with Gasteiger partial charge >= 0.3 is 0 Å². The lowest BCUT2D eigenvalue weighted by atomic mass is 10.0. The lowest BCUT2D eigenvalue weighted by Gasteiger charge is -2.26. The molecule has 1 aliphatic heterocycles. The van der Waals surface area contributed by atoms with Crippen LogP contribution in [0.5, 0.6) is 0 Å². The van der Waals surface area contributed by atoms with Crippen molar-refractivity contribution in [2.45, 2.75) is 19.3 Å². The van der Waals surface area contributed by atoms with Crippen molar-refractivity contribution in [3.8, 4) is 11.1 Å². The highest BCUT2D eigenvalue weighted by Crippen LogP contribution is 2.28. The number of benzene rings is 2. The van der Waals surface area contributed by atoms with Gasteiger partial charge in [0.25, 0.3) is 11.8 Å². The minimum atomic E-state index is -0.226. The van der Waals surface area contributed by atoms with E-state index in [1.54, 1.807) is 16.8 Å². The van der Waals surface area contributed by atoms with Gasteiger partial charge < -0.3 is 15.1 Å². The largest absolute Gasteiger partial charge is 0.378 e. The first-order valence-corrected chi connectivity index (χ1v) is 10.9. The van der Waals surface area contributed by atoms with Gasteiger partial charge in [-0.25, -0.2) is 0 Å². The van der Waals surface area contributed by atoms with Crippen LogP contribution in [0.25, 0.3) is 11.1 Å². The average molecular weight is 432 g/mol. The fourth-order valence-electron chi connectivity index (χ4n) is 3.98. The van der Waals surface area contributed by atoms with E-state index >= 15 is 0 Å². The van der Waals surface area contributed by atoms with Gasteiger partial charge in [-0.05, 0) is 61.2 Å². The third-order valence-corrected chi connectivity index (χ3v) is 5.77. The molecule has 0 aliphatic carbocycles. The second kappa shape index (κ2) is 9.26. The first-order chi connectivity index (χ1) is 15.4. The van der Waals surface area contributed by atoms with Gasteiger partial charge in [-0.2, -0.15) is 5.10 Å². The molecule has 1 aliphatic rings. The maximum Gasteiger partial charge on any atom is 0.256 e. The van der Waals surface area contributed by atoms with Crippen molar-refractivity contribution < 1.29 is 9.59 Å². The molecular formula is C25H29N5O2. The van der Waals surface area contributed by atoms with Crippen LogP contribution in [0, 0.1) is 0 Å². The molecule has 166 valence electrons. The smallest absolute Gasteiger partial charge is 0.256 e. The van der Waals surface area contributed by atoms with Crippen LogP contribution in [-0.2, 0) is 7.05 Å². The number of amides is 2. The van der Waals surface area contributed by atoms with E-state index < -0.39 is 0 Å². The number of nitrogens with zero attached hydrogens (tertiary/aromatic N) is 4. The summed E-state index contributed by atoms with van der Waals surface area (Å²) < 4.78 is 1.67. The van der Waals surface area contributed by atoms with Gasteiger partial charge in [0.05, 0.1) is 0 Å². The van der Waals surface area contributed by atoms with Crippen LogP contribution in [0.1, 0.15) is 40.0 Å². The molecule has 0 atom stereocenters. The van der Waals surface area contributed by atoms with E-state index in [2.05, 4.69) is 10.4 Å². The van der Waals surface area contributed by atoms with Crippen molar-refractivity contribution in [2.75, 3.05) is 37.4 Å². The number of likely N-dealkylation sites (tertiary alicyclic amines) is 1. The highest BCUT2D eigenvalue weighted by Gasteiger charge is 2.20. The van der Waals surface area contributed by atoms with Crippen LogP contribution >= 0.6 is 0 Å². The van der Waals surface area contributed by atoms with Crippen LogP contribution in [0.15, 0.2) is 54.7 Å². The minimum Gasteiger partial charge on any atom is -0.378 e. The molecule has 7 heteroatoms. The molecule has 1 saturated heterocycles. The summed E-state index contributed by atoms with van der Waals surface area (Å²) in [5.41, 5.74) is 3.86. The maximum atomic E-state index is 12.9. The summed E-state index contributed by atoms with van der Waals surface area (Å²) in [6, 6.07) is 15.0. The zero-order chi connectivity index (χ0) is 22.7. The number of anilines is 2. The van der Waals surface area contributed by atoms with Crippen molar-refractivity contribution in [3.63, 3.8) is 0 Å². The number of aryl methyl sites for hydroxylation is 1. The van der Waals surface area contributed by atoms with E-state index in [1.165, 1.54) is 6.42 Å². The summed E-state index contributed by atoms with van der Waals surface area (Å²) in [6.45, 7) is 1.62. The van der Waals surface area contributed by atoms with E-state index in [4.69, 9.17) is 0 Å². The van der Waals surface area contributed by atoms with Crippen LogP contribution in [-0.4, -0.2) is 53.7 Å². The topological polar surface area (TPSA) is 70.5 Å². The standard InChI is InChI=1S/C25H29N5O2/c1-28(2)21-12-10-18(11-13-21)24(31)26-23-22(17-29(3)27-23)19-8-7-9-20(16-19)25(32)30-14-5-4-6-15-30/h7-13,16-17H,4-6,14-15H2,1-3H3,(H,26,27,31). The maximum absolute atomic E-state index is 12.9. The van der Waals surface area contributed by atoms with Crippen molar-refractivity contribution >= 4 is 23.3 Å². The zero-order valence-corrected chi connectivity index (χ0v) is 18.8. The number of carbonyl (C=O) groups is 2. The van der Waals surface area contributed by atoms with Crippen molar-refractivity contribution in [2.24, 2.45) is 7.05 Å². The Hall–Kier alpha value is -3.61. The molecule has 0 unspecified atom stereocenters. The van der Waals surface area contributed by atoms with Gasteiger partial charge in [-0.3, -0.25) is 14.3 Å². The van der Waals surface area contributed by atoms with Gasteiger partial charge in [0.1, 0.15) is 0 Å². The lowest BCUT2D eigenvalue weighted by molar-refractivity contribution is 0.0724. The Labute approximate surface area is 188 Å². The normalized spacial score (nSPS) is 13.7. The Bertz CT molecular complexity index is 1110. The molecule has 0 radical (unpaired) electrons. The zero-order valence-electron chi connectivity index (χ0n) is 18.8. The summed E-state index contributed by atoms with van der Waals surface area (Å²) in [7, 11) is 5.73. The predicted octanol–water partition coefficient (Wildman–Crippen LogP) is 4.03. The molecule has 0 saturated carbocycles. The van der Waals surface area contributed by atoms with Crippen molar-refractivity contribution in [3.05, 3.63) is 65.9 Å². The molecular weight excluding hydrogens is 402 g/mol. The van der Waals surface area contributed by atoms with E-state index in [0.29, 0.717) is 16.9 Å². The first kappa shape index (κ1) is 21.6. The van der Waals surface area contributed by atoms with Gasteiger partial charge in [0.2, 0.25) is 0 Å². The summed E-state index contributed by atoms with van der Waals surface area (Å²) in [5.74, 6) is 0.301. The molecule has 7 nitrogen and oxygen atoms in total. The summed E-state index contributed by atoms with van der Waals surface area (Å²) in [4.78, 5) is 29.7. The summed E-state index contributed by atoms with van der Waals surface area (Å²) >= 11 is 0. The Morgan fingerprint density at radius 2 is 1.69 bits per heavy atom. The Morgan fingerprint density at radius 3 is 2.38 bits per heavy atom. The third kappa shape index (κ3) is 4.66. The quantitative estimate of drug-likeness (QED) is 0.662. The van der Waals surface area contributed by atoms with Gasteiger partial charge in [0.15, 0.2) is 5.82 Å². The second-order valence-electron chi connectivity index (χ2n) is 8.39. The number of aromatic nitrogens is 2. The van der Waals surface area contributed by atoms with Gasteiger partial charge in [-0.15, -0.1) is 0 Å². The van der Waals surface area contributed by atoms with Crippen LogP contribution in [0.3, 0.4) is 0 Å². The number of piperidine rings is 1. The number of hydrogen-bond acceptors (Lipinski definition) is 4. The van der Waals surface area contributed by atoms with E-state index in [9.17, 15) is 9.59 Å². The van der Waals surface area contributed by atoms with Gasteiger partial charge in [-0.1, -0.05) is 12.1 Å². The minimum absolute atomic E-state index is 0.0574. The molecule has 3 aromatic rings. The van der Waals surface area contributed by atoms with E-state index in [-0.39, 0.29) is 11.8 Å². The highest BCUT2D eigenvalue weighted by atomic mass is 16.2. The fourth-order valence-corrected chi connectivity index (χ4v) is 3.98. The van der Waals surface area contributed by atoms with Crippen LogP contribution in [0.2, 0.25) is 0 Å². The monoisotopic (exact) mass is 431 g/mol. The first-order valence-electron chi connectivity index (χ1n) is 10.9. The lowest BCUT2D eigenvalue weighted by Crippen LogP contribution is -2.35. The van der Waals surface area contributed by atoms with Crippen LogP contribution < -0.4 is 10.2 Å². The number of hydrogen-bond donors (Lipinski definition) is 1. The van der Waals surface area contributed by atoms with E-state index in [0.717, 1.165) is 42.7 Å². The molecule has 2 aromatic carbocycles.